The molecule has 0 atom stereocenters. The van der Waals surface area contributed by atoms with Gasteiger partial charge in [-0.2, -0.15) is 8.78 Å². The SMILES string of the molecule is CN=C(NCCc1nc(C(C)(C)C)cs1)NCc1cc2c(cc1OC(F)F)OCO2. The van der Waals surface area contributed by atoms with Crippen molar-refractivity contribution in [1.82, 2.24) is 15.6 Å². The molecular weight excluding hydrogens is 414 g/mol. The van der Waals surface area contributed by atoms with Crippen LogP contribution in [0.15, 0.2) is 22.5 Å². The van der Waals surface area contributed by atoms with Crippen molar-refractivity contribution in [3.63, 3.8) is 0 Å². The van der Waals surface area contributed by atoms with Gasteiger partial charge in [0.1, 0.15) is 5.75 Å². The van der Waals surface area contributed by atoms with Gasteiger partial charge in [-0.05, 0) is 6.07 Å². The highest BCUT2D eigenvalue weighted by Crippen LogP contribution is 2.38. The highest BCUT2D eigenvalue weighted by molar-refractivity contribution is 7.09. The Balaban J connectivity index is 1.56. The van der Waals surface area contributed by atoms with Gasteiger partial charge >= 0.3 is 6.61 Å². The van der Waals surface area contributed by atoms with Crippen molar-refractivity contribution in [3.05, 3.63) is 33.8 Å². The van der Waals surface area contributed by atoms with Gasteiger partial charge in [0.15, 0.2) is 17.5 Å². The van der Waals surface area contributed by atoms with E-state index >= 15 is 0 Å². The lowest BCUT2D eigenvalue weighted by molar-refractivity contribution is -0.0505. The fourth-order valence-corrected chi connectivity index (χ4v) is 3.79. The molecule has 0 bridgehead atoms. The number of nitrogens with zero attached hydrogens (tertiary/aromatic N) is 2. The Morgan fingerprint density at radius 2 is 2.00 bits per heavy atom. The van der Waals surface area contributed by atoms with Crippen LogP contribution in [0.4, 0.5) is 8.78 Å². The predicted octanol–water partition coefficient (Wildman–Crippen LogP) is 3.68. The molecule has 0 aliphatic carbocycles. The number of guanidine groups is 1. The molecule has 0 spiro atoms. The van der Waals surface area contributed by atoms with Crippen molar-refractivity contribution in [1.29, 1.82) is 0 Å². The normalized spacial score (nSPS) is 13.6. The van der Waals surface area contributed by atoms with Crippen LogP contribution in [0.1, 0.15) is 37.0 Å². The summed E-state index contributed by atoms with van der Waals surface area (Å²) in [5.74, 6) is 1.46. The first kappa shape index (κ1) is 22.1. The highest BCUT2D eigenvalue weighted by Gasteiger charge is 2.20. The Bertz CT molecular complexity index is 897. The molecule has 0 saturated carbocycles. The Morgan fingerprint density at radius 1 is 1.27 bits per heavy atom. The van der Waals surface area contributed by atoms with E-state index in [1.165, 1.54) is 6.07 Å². The second-order valence-electron chi connectivity index (χ2n) is 7.67. The number of hydrogen-bond acceptors (Lipinski definition) is 6. The van der Waals surface area contributed by atoms with Gasteiger partial charge in [0.05, 0.1) is 10.7 Å². The maximum absolute atomic E-state index is 12.8. The van der Waals surface area contributed by atoms with Crippen molar-refractivity contribution >= 4 is 17.3 Å². The smallest absolute Gasteiger partial charge is 0.387 e. The molecule has 2 aromatic rings. The average Bonchev–Trinajstić information content (AvgIpc) is 3.32. The molecule has 10 heteroatoms. The molecule has 1 aliphatic heterocycles. The number of alkyl halides is 2. The first-order valence-corrected chi connectivity index (χ1v) is 10.4. The van der Waals surface area contributed by atoms with E-state index in [-0.39, 0.29) is 24.5 Å². The lowest BCUT2D eigenvalue weighted by atomic mass is 9.93. The minimum atomic E-state index is -2.93. The van der Waals surface area contributed by atoms with Crippen molar-refractivity contribution in [3.8, 4) is 17.2 Å². The quantitative estimate of drug-likeness (QED) is 0.505. The van der Waals surface area contributed by atoms with E-state index in [2.05, 4.69) is 51.5 Å². The second-order valence-corrected chi connectivity index (χ2v) is 8.61. The number of rotatable bonds is 7. The largest absolute Gasteiger partial charge is 0.454 e. The number of fused-ring (bicyclic) bond motifs is 1. The van der Waals surface area contributed by atoms with E-state index in [0.29, 0.717) is 29.6 Å². The Morgan fingerprint density at radius 3 is 2.63 bits per heavy atom. The number of nitrogens with one attached hydrogen (secondary N) is 2. The Hall–Kier alpha value is -2.62. The van der Waals surface area contributed by atoms with Gasteiger partial charge in [0.2, 0.25) is 6.79 Å². The van der Waals surface area contributed by atoms with E-state index in [4.69, 9.17) is 9.47 Å². The topological polar surface area (TPSA) is 77.0 Å². The van der Waals surface area contributed by atoms with Crippen molar-refractivity contribution in [2.75, 3.05) is 20.4 Å². The van der Waals surface area contributed by atoms with Crippen molar-refractivity contribution < 1.29 is 23.0 Å². The summed E-state index contributed by atoms with van der Waals surface area (Å²) in [4.78, 5) is 8.85. The average molecular weight is 441 g/mol. The van der Waals surface area contributed by atoms with Gasteiger partial charge in [0, 0.05) is 49.0 Å². The summed E-state index contributed by atoms with van der Waals surface area (Å²) >= 11 is 1.64. The lowest BCUT2D eigenvalue weighted by Gasteiger charge is -2.15. The molecule has 3 rings (SSSR count). The summed E-state index contributed by atoms with van der Waals surface area (Å²) in [5.41, 5.74) is 1.62. The molecule has 2 heterocycles. The Kier molecular flexibility index (Phi) is 6.96. The van der Waals surface area contributed by atoms with E-state index < -0.39 is 6.61 Å². The maximum atomic E-state index is 12.8. The van der Waals surface area contributed by atoms with Gasteiger partial charge in [-0.15, -0.1) is 11.3 Å². The van der Waals surface area contributed by atoms with Crippen LogP contribution in [0.25, 0.3) is 0 Å². The third-order valence-corrected chi connectivity index (χ3v) is 5.30. The Labute approximate surface area is 178 Å². The third-order valence-electron chi connectivity index (χ3n) is 4.39. The minimum Gasteiger partial charge on any atom is -0.454 e. The summed E-state index contributed by atoms with van der Waals surface area (Å²) in [5, 5.41) is 9.45. The molecule has 7 nitrogen and oxygen atoms in total. The van der Waals surface area contributed by atoms with Gasteiger partial charge in [0.25, 0.3) is 0 Å². The number of thiazole rings is 1. The molecular formula is C20H26F2N4O3S. The van der Waals surface area contributed by atoms with E-state index in [0.717, 1.165) is 17.1 Å². The van der Waals surface area contributed by atoms with Gasteiger partial charge < -0.3 is 24.8 Å². The number of hydrogen-bond donors (Lipinski definition) is 2. The molecule has 1 aromatic carbocycles. The number of halogens is 2. The lowest BCUT2D eigenvalue weighted by Crippen LogP contribution is -2.38. The molecule has 2 N–H and O–H groups in total. The fourth-order valence-electron chi connectivity index (χ4n) is 2.77. The van der Waals surface area contributed by atoms with Gasteiger partial charge in [-0.1, -0.05) is 20.8 Å². The van der Waals surface area contributed by atoms with Crippen LogP contribution >= 0.6 is 11.3 Å². The van der Waals surface area contributed by atoms with E-state index in [1.807, 2.05) is 0 Å². The zero-order chi connectivity index (χ0) is 21.7. The first-order valence-electron chi connectivity index (χ1n) is 9.53. The zero-order valence-electron chi connectivity index (χ0n) is 17.4. The molecule has 164 valence electrons. The standard InChI is InChI=1S/C20H26F2N4O3S/c1-20(2,3)16-10-30-17(26-16)5-6-24-19(23-4)25-9-12-7-14-15(28-11-27-14)8-13(12)29-18(21)22/h7-8,10,18H,5-6,9,11H2,1-4H3,(H2,23,24,25). The monoisotopic (exact) mass is 440 g/mol. The van der Waals surface area contributed by atoms with E-state index in [1.54, 1.807) is 24.5 Å². The van der Waals surface area contributed by atoms with Crippen LogP contribution < -0.4 is 24.8 Å². The number of ether oxygens (including phenoxy) is 3. The van der Waals surface area contributed by atoms with Crippen molar-refractivity contribution in [2.24, 2.45) is 4.99 Å². The minimum absolute atomic E-state index is 0.0301. The molecule has 0 unspecified atom stereocenters. The molecule has 0 fully saturated rings. The van der Waals surface area contributed by atoms with Crippen LogP contribution in [-0.4, -0.2) is 37.9 Å². The molecule has 0 radical (unpaired) electrons. The van der Waals surface area contributed by atoms with E-state index in [9.17, 15) is 8.78 Å². The number of aromatic nitrogens is 1. The summed E-state index contributed by atoms with van der Waals surface area (Å²) < 4.78 is 40.7. The molecule has 30 heavy (non-hydrogen) atoms. The first-order chi connectivity index (χ1) is 14.3. The maximum Gasteiger partial charge on any atom is 0.387 e. The predicted molar refractivity (Wildman–Crippen MR) is 112 cm³/mol. The number of aliphatic imine (C=N–C) groups is 1. The van der Waals surface area contributed by atoms with Crippen LogP contribution in [0.5, 0.6) is 17.2 Å². The van der Waals surface area contributed by atoms with Crippen LogP contribution in [0, 0.1) is 0 Å². The fraction of sp³-hybridized carbons (Fsp3) is 0.500. The highest BCUT2D eigenvalue weighted by atomic mass is 32.1. The molecule has 0 saturated heterocycles. The summed E-state index contributed by atoms with van der Waals surface area (Å²) in [7, 11) is 1.65. The summed E-state index contributed by atoms with van der Waals surface area (Å²) in [6.07, 6.45) is 0.755. The van der Waals surface area contributed by atoms with Crippen LogP contribution in [0.2, 0.25) is 0 Å². The summed E-state index contributed by atoms with van der Waals surface area (Å²) in [6.45, 7) is 4.39. The molecule has 0 amide bonds. The zero-order valence-corrected chi connectivity index (χ0v) is 18.2. The van der Waals surface area contributed by atoms with Crippen LogP contribution in [-0.2, 0) is 18.4 Å². The third kappa shape index (κ3) is 5.71. The second kappa shape index (κ2) is 9.46. The summed E-state index contributed by atoms with van der Waals surface area (Å²) in [6, 6.07) is 3.04. The van der Waals surface area contributed by atoms with Crippen LogP contribution in [0.3, 0.4) is 0 Å². The molecule has 1 aromatic heterocycles. The van der Waals surface area contributed by atoms with Crippen molar-refractivity contribution in [2.45, 2.75) is 45.8 Å². The molecule has 1 aliphatic rings. The number of benzene rings is 1. The van der Waals surface area contributed by atoms with Gasteiger partial charge in [-0.3, -0.25) is 4.99 Å². The van der Waals surface area contributed by atoms with Gasteiger partial charge in [-0.25, -0.2) is 4.98 Å².